The molecular weight excluding hydrogens is 414 g/mol. The molecule has 5 atom stereocenters. The molecule has 0 radical (unpaired) electrons. The summed E-state index contributed by atoms with van der Waals surface area (Å²) >= 11 is 0. The topological polar surface area (TPSA) is 72.9 Å². The summed E-state index contributed by atoms with van der Waals surface area (Å²) in [6, 6.07) is 18.1. The second-order valence-electron chi connectivity index (χ2n) is 10.2. The highest BCUT2D eigenvalue weighted by atomic mass is 16.3. The largest absolute Gasteiger partial charge is 0.374 e. The first-order chi connectivity index (χ1) is 16.1. The van der Waals surface area contributed by atoms with E-state index in [0.717, 1.165) is 17.7 Å². The first kappa shape index (κ1) is 21.0. The fourth-order valence-corrected chi connectivity index (χ4v) is 6.61. The zero-order valence-electron chi connectivity index (χ0n) is 18.8. The van der Waals surface area contributed by atoms with E-state index in [4.69, 9.17) is 0 Å². The number of nitrogens with one attached hydrogen (secondary N) is 1. The van der Waals surface area contributed by atoms with Crippen LogP contribution >= 0.6 is 0 Å². The summed E-state index contributed by atoms with van der Waals surface area (Å²) in [4.78, 5) is 28.4. The summed E-state index contributed by atoms with van der Waals surface area (Å²) < 4.78 is 0. The molecule has 33 heavy (non-hydrogen) atoms. The molecule has 0 aliphatic carbocycles. The number of nitrogens with zero attached hydrogens (tertiary/aromatic N) is 2. The predicted molar refractivity (Wildman–Crippen MR) is 124 cm³/mol. The van der Waals surface area contributed by atoms with Gasteiger partial charge in [-0.1, -0.05) is 48.5 Å². The van der Waals surface area contributed by atoms with Crippen molar-refractivity contribution in [3.8, 4) is 0 Å². The van der Waals surface area contributed by atoms with Crippen LogP contribution in [0, 0.1) is 0 Å². The monoisotopic (exact) mass is 445 g/mol. The van der Waals surface area contributed by atoms with Crippen LogP contribution in [-0.4, -0.2) is 44.8 Å². The molecule has 172 valence electrons. The van der Waals surface area contributed by atoms with Crippen molar-refractivity contribution in [3.05, 3.63) is 70.8 Å². The van der Waals surface area contributed by atoms with Crippen LogP contribution in [0.15, 0.2) is 48.5 Å². The number of aliphatic hydroxyl groups is 1. The summed E-state index contributed by atoms with van der Waals surface area (Å²) in [6.45, 7) is 1.59. The predicted octanol–water partition coefficient (Wildman–Crippen LogP) is 3.21. The Labute approximate surface area is 194 Å². The van der Waals surface area contributed by atoms with Gasteiger partial charge in [-0.2, -0.15) is 0 Å². The van der Waals surface area contributed by atoms with E-state index in [1.54, 1.807) is 0 Å². The van der Waals surface area contributed by atoms with Crippen LogP contribution in [0.2, 0.25) is 0 Å². The zero-order chi connectivity index (χ0) is 22.5. The Morgan fingerprint density at radius 3 is 2.45 bits per heavy atom. The van der Waals surface area contributed by atoms with E-state index in [9.17, 15) is 14.7 Å². The van der Waals surface area contributed by atoms with Crippen molar-refractivity contribution < 1.29 is 14.7 Å². The fourth-order valence-electron chi connectivity index (χ4n) is 6.61. The van der Waals surface area contributed by atoms with E-state index in [1.165, 1.54) is 36.8 Å². The normalized spacial score (nSPS) is 32.1. The number of piperidine rings is 2. The van der Waals surface area contributed by atoms with E-state index in [2.05, 4.69) is 58.7 Å². The molecule has 4 heterocycles. The zero-order valence-corrected chi connectivity index (χ0v) is 18.8. The molecule has 6 heteroatoms. The minimum atomic E-state index is -0.790. The third-order valence-electron chi connectivity index (χ3n) is 8.29. The van der Waals surface area contributed by atoms with Crippen molar-refractivity contribution in [1.29, 1.82) is 0 Å². The highest BCUT2D eigenvalue weighted by Gasteiger charge is 2.42. The van der Waals surface area contributed by atoms with Gasteiger partial charge in [0.15, 0.2) is 0 Å². The number of rotatable bonds is 4. The standard InChI is InChI=1S/C27H31N3O3/c31-25-11-10-24(26(32)28-25)30-16-20-12-18(6-9-23(20)27(30)33)19-13-21-7-8-22(14-19)29(21)15-17-4-2-1-3-5-17/h1-6,9,12,19,21-22,24,27,33H,7-8,10-11,13-16H2,(H,28,31,32)/t19?,21-,22+,24?,27?. The lowest BCUT2D eigenvalue weighted by Gasteiger charge is -2.39. The van der Waals surface area contributed by atoms with E-state index < -0.39 is 12.3 Å². The molecule has 2 aromatic carbocycles. The Morgan fingerprint density at radius 1 is 0.970 bits per heavy atom. The minimum absolute atomic E-state index is 0.224. The molecule has 2 amide bonds. The van der Waals surface area contributed by atoms with Gasteiger partial charge in [0.1, 0.15) is 6.23 Å². The van der Waals surface area contributed by atoms with Crippen LogP contribution < -0.4 is 5.32 Å². The maximum Gasteiger partial charge on any atom is 0.244 e. The van der Waals surface area contributed by atoms with Gasteiger partial charge in [-0.15, -0.1) is 0 Å². The van der Waals surface area contributed by atoms with Gasteiger partial charge < -0.3 is 5.11 Å². The molecule has 2 bridgehead atoms. The second-order valence-corrected chi connectivity index (χ2v) is 10.2. The Morgan fingerprint density at radius 2 is 1.73 bits per heavy atom. The third kappa shape index (κ3) is 3.80. The number of carbonyl (C=O) groups excluding carboxylic acids is 2. The van der Waals surface area contributed by atoms with Gasteiger partial charge in [0.25, 0.3) is 0 Å². The lowest BCUT2D eigenvalue weighted by atomic mass is 9.84. The molecule has 2 N–H and O–H groups in total. The van der Waals surface area contributed by atoms with Crippen molar-refractivity contribution in [2.45, 2.75) is 81.9 Å². The van der Waals surface area contributed by atoms with Crippen molar-refractivity contribution in [3.63, 3.8) is 0 Å². The molecule has 0 spiro atoms. The molecule has 3 unspecified atom stereocenters. The highest BCUT2D eigenvalue weighted by Crippen LogP contribution is 2.45. The Balaban J connectivity index is 1.16. The lowest BCUT2D eigenvalue weighted by Crippen LogP contribution is -2.51. The second kappa shape index (κ2) is 8.35. The van der Waals surface area contributed by atoms with Gasteiger partial charge in [-0.3, -0.25) is 24.7 Å². The van der Waals surface area contributed by atoms with E-state index in [-0.39, 0.29) is 11.8 Å². The molecule has 0 saturated carbocycles. The molecular formula is C27H31N3O3. The van der Waals surface area contributed by atoms with Gasteiger partial charge in [-0.05, 0) is 60.3 Å². The van der Waals surface area contributed by atoms with Crippen LogP contribution in [0.4, 0.5) is 0 Å². The van der Waals surface area contributed by atoms with E-state index in [1.807, 2.05) is 4.90 Å². The number of hydrogen-bond donors (Lipinski definition) is 2. The van der Waals surface area contributed by atoms with Gasteiger partial charge in [0.2, 0.25) is 11.8 Å². The van der Waals surface area contributed by atoms with Crippen molar-refractivity contribution >= 4 is 11.8 Å². The van der Waals surface area contributed by atoms with E-state index >= 15 is 0 Å². The summed E-state index contributed by atoms with van der Waals surface area (Å²) in [5.74, 6) is 0.0280. The summed E-state index contributed by atoms with van der Waals surface area (Å²) in [5, 5.41) is 13.3. The number of hydrogen-bond acceptors (Lipinski definition) is 5. The van der Waals surface area contributed by atoms with Crippen molar-refractivity contribution in [2.24, 2.45) is 0 Å². The average Bonchev–Trinajstić information content (AvgIpc) is 3.24. The molecule has 6 nitrogen and oxygen atoms in total. The summed E-state index contributed by atoms with van der Waals surface area (Å²) in [6.07, 6.45) is 4.92. The number of benzene rings is 2. The Bertz CT molecular complexity index is 1060. The first-order valence-corrected chi connectivity index (χ1v) is 12.3. The summed E-state index contributed by atoms with van der Waals surface area (Å²) in [5.41, 5.74) is 4.77. The van der Waals surface area contributed by atoms with Crippen LogP contribution in [0.25, 0.3) is 0 Å². The first-order valence-electron chi connectivity index (χ1n) is 12.3. The summed E-state index contributed by atoms with van der Waals surface area (Å²) in [7, 11) is 0. The van der Waals surface area contributed by atoms with Crippen LogP contribution in [0.1, 0.15) is 72.9 Å². The Kier molecular flexibility index (Phi) is 5.32. The maximum absolute atomic E-state index is 12.4. The van der Waals surface area contributed by atoms with Gasteiger partial charge in [-0.25, -0.2) is 0 Å². The SMILES string of the molecule is O=C1CCC(N2Cc3cc(C4C[C@H]5CC[C@@H](C4)N5Cc4ccccc4)ccc3C2O)C(=O)N1. The van der Waals surface area contributed by atoms with Crippen molar-refractivity contribution in [1.82, 2.24) is 15.1 Å². The molecule has 4 aliphatic heterocycles. The number of fused-ring (bicyclic) bond motifs is 3. The molecule has 3 fully saturated rings. The fraction of sp³-hybridized carbons (Fsp3) is 0.481. The number of carbonyl (C=O) groups is 2. The quantitative estimate of drug-likeness (QED) is 0.707. The highest BCUT2D eigenvalue weighted by molar-refractivity contribution is 6.00. The smallest absolute Gasteiger partial charge is 0.244 e. The molecule has 3 saturated heterocycles. The number of imide groups is 1. The lowest BCUT2D eigenvalue weighted by molar-refractivity contribution is -0.141. The molecule has 0 aromatic heterocycles. The molecule has 4 aliphatic rings. The van der Waals surface area contributed by atoms with Crippen LogP contribution in [0.5, 0.6) is 0 Å². The number of amides is 2. The van der Waals surface area contributed by atoms with Gasteiger partial charge in [0.05, 0.1) is 6.04 Å². The molecule has 6 rings (SSSR count). The Hall–Kier alpha value is -2.54. The van der Waals surface area contributed by atoms with Crippen LogP contribution in [-0.2, 0) is 22.7 Å². The van der Waals surface area contributed by atoms with Crippen LogP contribution in [0.3, 0.4) is 0 Å². The minimum Gasteiger partial charge on any atom is -0.374 e. The van der Waals surface area contributed by atoms with E-state index in [0.29, 0.717) is 37.4 Å². The average molecular weight is 446 g/mol. The van der Waals surface area contributed by atoms with Crippen molar-refractivity contribution in [2.75, 3.05) is 0 Å². The third-order valence-corrected chi connectivity index (χ3v) is 8.29. The maximum atomic E-state index is 12.4. The van der Waals surface area contributed by atoms with Gasteiger partial charge >= 0.3 is 0 Å². The molecule has 2 aromatic rings. The van der Waals surface area contributed by atoms with Gasteiger partial charge in [0, 0.05) is 31.6 Å². The number of aliphatic hydroxyl groups excluding tert-OH is 1.